The van der Waals surface area contributed by atoms with Crippen LogP contribution in [-0.2, 0) is 21.4 Å². The minimum absolute atomic E-state index is 0.204. The maximum atomic E-state index is 12.3. The molecule has 0 aliphatic carbocycles. The number of fused-ring (bicyclic) bond motifs is 1. The van der Waals surface area contributed by atoms with Crippen LogP contribution in [0.3, 0.4) is 0 Å². The summed E-state index contributed by atoms with van der Waals surface area (Å²) in [6.07, 6.45) is 2.01. The Morgan fingerprint density at radius 3 is 2.95 bits per heavy atom. The molecule has 0 amide bonds. The number of benzene rings is 1. The molecule has 0 fully saturated rings. The molecule has 1 aromatic rings. The third-order valence-corrected chi connectivity index (χ3v) is 5.51. The van der Waals surface area contributed by atoms with E-state index in [1.54, 1.807) is 30.0 Å². The molecular weight excluding hydrogens is 302 g/mol. The standard InChI is InChI=1S/C11H15N3O2S3/c1-8(7-17-2)6-12-19(15,16)10-5-3-4-9-11(10)14-18-13-9/h3-5,8,12H,6-7H2,1-2H3/t8-/m1/s1. The SMILES string of the molecule is CSC[C@H](C)CNS(=O)(=O)c1cccc2c1N=S=N2. The Morgan fingerprint density at radius 1 is 1.42 bits per heavy atom. The summed E-state index contributed by atoms with van der Waals surface area (Å²) in [4.78, 5) is 0.204. The largest absolute Gasteiger partial charge is 0.242 e. The van der Waals surface area contributed by atoms with E-state index in [2.05, 4.69) is 13.4 Å². The Hall–Kier alpha value is -0.700. The summed E-state index contributed by atoms with van der Waals surface area (Å²) in [7, 11) is -3.53. The fourth-order valence-electron chi connectivity index (χ4n) is 1.67. The summed E-state index contributed by atoms with van der Waals surface area (Å²) >= 11 is 2.72. The first-order valence-corrected chi connectivity index (χ1v) is 9.35. The summed E-state index contributed by atoms with van der Waals surface area (Å²) in [6.45, 7) is 2.45. The van der Waals surface area contributed by atoms with Crippen molar-refractivity contribution < 1.29 is 8.42 Å². The fourth-order valence-corrected chi connectivity index (χ4v) is 4.29. The molecular formula is C11H15N3O2S3. The number of thioether (sulfide) groups is 1. The molecule has 0 spiro atoms. The molecule has 0 aromatic heterocycles. The lowest BCUT2D eigenvalue weighted by Crippen LogP contribution is -2.29. The van der Waals surface area contributed by atoms with Crippen molar-refractivity contribution in [3.63, 3.8) is 0 Å². The van der Waals surface area contributed by atoms with Crippen LogP contribution >= 0.6 is 11.8 Å². The van der Waals surface area contributed by atoms with Gasteiger partial charge in [0.2, 0.25) is 10.0 Å². The van der Waals surface area contributed by atoms with E-state index in [4.69, 9.17) is 0 Å². The zero-order valence-electron chi connectivity index (χ0n) is 10.7. The van der Waals surface area contributed by atoms with Gasteiger partial charge in [-0.25, -0.2) is 13.1 Å². The molecule has 0 radical (unpaired) electrons. The first-order chi connectivity index (χ1) is 9.04. The van der Waals surface area contributed by atoms with E-state index in [0.29, 0.717) is 17.9 Å². The molecule has 1 heterocycles. The van der Waals surface area contributed by atoms with Crippen LogP contribution in [0.1, 0.15) is 6.92 Å². The fraction of sp³-hybridized carbons (Fsp3) is 0.455. The Balaban J connectivity index is 2.17. The third-order valence-electron chi connectivity index (χ3n) is 2.61. The Kier molecular flexibility index (Phi) is 4.77. The van der Waals surface area contributed by atoms with Gasteiger partial charge in [0, 0.05) is 6.54 Å². The summed E-state index contributed by atoms with van der Waals surface area (Å²) in [5.41, 5.74) is 1.06. The van der Waals surface area contributed by atoms with Gasteiger partial charge in [-0.2, -0.15) is 20.5 Å². The average molecular weight is 317 g/mol. The lowest BCUT2D eigenvalue weighted by atomic mass is 10.2. The van der Waals surface area contributed by atoms with Crippen molar-refractivity contribution in [1.82, 2.24) is 4.72 Å². The molecule has 2 rings (SSSR count). The highest BCUT2D eigenvalue weighted by Gasteiger charge is 2.22. The zero-order valence-corrected chi connectivity index (χ0v) is 13.1. The van der Waals surface area contributed by atoms with E-state index in [9.17, 15) is 8.42 Å². The molecule has 8 heteroatoms. The molecule has 19 heavy (non-hydrogen) atoms. The van der Waals surface area contributed by atoms with Gasteiger partial charge in [-0.05, 0) is 30.1 Å². The van der Waals surface area contributed by atoms with Crippen molar-refractivity contribution >= 4 is 44.5 Å². The van der Waals surface area contributed by atoms with E-state index in [0.717, 1.165) is 17.1 Å². The molecule has 0 unspecified atom stereocenters. The minimum Gasteiger partial charge on any atom is -0.211 e. The van der Waals surface area contributed by atoms with E-state index in [1.807, 2.05) is 13.2 Å². The molecule has 1 aliphatic heterocycles. The molecule has 5 nitrogen and oxygen atoms in total. The second kappa shape index (κ2) is 6.17. The minimum atomic E-state index is -3.53. The highest BCUT2D eigenvalue weighted by atomic mass is 32.2. The molecule has 0 saturated heterocycles. The Bertz CT molecular complexity index is 637. The lowest BCUT2D eigenvalue weighted by Gasteiger charge is -2.12. The monoisotopic (exact) mass is 317 g/mol. The number of nitrogens with one attached hydrogen (secondary N) is 1. The molecule has 0 saturated carbocycles. The van der Waals surface area contributed by atoms with Gasteiger partial charge in [-0.3, -0.25) is 0 Å². The second-order valence-corrected chi connectivity index (χ2v) is 7.48. The van der Waals surface area contributed by atoms with Gasteiger partial charge >= 0.3 is 0 Å². The third kappa shape index (κ3) is 3.44. The maximum Gasteiger partial charge on any atom is 0.242 e. The number of hydrogen-bond donors (Lipinski definition) is 1. The van der Waals surface area contributed by atoms with Crippen LogP contribution in [0.2, 0.25) is 0 Å². The van der Waals surface area contributed by atoms with Crippen LogP contribution < -0.4 is 4.72 Å². The Morgan fingerprint density at radius 2 is 2.21 bits per heavy atom. The van der Waals surface area contributed by atoms with Gasteiger partial charge in [0.25, 0.3) is 0 Å². The van der Waals surface area contributed by atoms with Gasteiger partial charge in [0.15, 0.2) is 0 Å². The van der Waals surface area contributed by atoms with Crippen molar-refractivity contribution in [2.24, 2.45) is 14.6 Å². The van der Waals surface area contributed by atoms with Crippen molar-refractivity contribution in [2.75, 3.05) is 18.6 Å². The predicted molar refractivity (Wildman–Crippen MR) is 80.7 cm³/mol. The number of sulfonamides is 1. The van der Waals surface area contributed by atoms with Gasteiger partial charge in [0.1, 0.15) is 16.3 Å². The van der Waals surface area contributed by atoms with Crippen LogP contribution in [0, 0.1) is 5.92 Å². The smallest absolute Gasteiger partial charge is 0.211 e. The maximum absolute atomic E-state index is 12.3. The van der Waals surface area contributed by atoms with Gasteiger partial charge in [0.05, 0.1) is 11.4 Å². The zero-order chi connectivity index (χ0) is 13.9. The van der Waals surface area contributed by atoms with Crippen molar-refractivity contribution in [2.45, 2.75) is 11.8 Å². The summed E-state index contributed by atoms with van der Waals surface area (Å²) < 4.78 is 35.3. The van der Waals surface area contributed by atoms with Crippen molar-refractivity contribution in [3.05, 3.63) is 18.2 Å². The summed E-state index contributed by atoms with van der Waals surface area (Å²) in [6, 6.07) is 5.00. The predicted octanol–water partition coefficient (Wildman–Crippen LogP) is 2.69. The molecule has 104 valence electrons. The highest BCUT2D eigenvalue weighted by Crippen LogP contribution is 2.37. The average Bonchev–Trinajstić information content (AvgIpc) is 2.84. The van der Waals surface area contributed by atoms with Crippen molar-refractivity contribution in [3.8, 4) is 0 Å². The van der Waals surface area contributed by atoms with Crippen LogP contribution in [0.25, 0.3) is 0 Å². The van der Waals surface area contributed by atoms with Crippen LogP contribution in [0.5, 0.6) is 0 Å². The van der Waals surface area contributed by atoms with Crippen molar-refractivity contribution in [1.29, 1.82) is 0 Å². The normalized spacial score (nSPS) is 15.1. The summed E-state index contributed by atoms with van der Waals surface area (Å²) in [5.74, 6) is 1.21. The van der Waals surface area contributed by atoms with E-state index in [-0.39, 0.29) is 10.8 Å². The molecule has 0 bridgehead atoms. The van der Waals surface area contributed by atoms with Gasteiger partial charge in [-0.1, -0.05) is 13.0 Å². The number of hydrogen-bond acceptors (Lipinski definition) is 5. The molecule has 1 atom stereocenters. The first-order valence-electron chi connectivity index (χ1n) is 5.74. The molecule has 1 N–H and O–H groups in total. The Labute approximate surface area is 121 Å². The highest BCUT2D eigenvalue weighted by molar-refractivity contribution is 7.98. The number of rotatable bonds is 6. The topological polar surface area (TPSA) is 70.9 Å². The molecule has 1 aromatic carbocycles. The first kappa shape index (κ1) is 14.7. The van der Waals surface area contributed by atoms with E-state index >= 15 is 0 Å². The number of nitrogens with zero attached hydrogens (tertiary/aromatic N) is 2. The van der Waals surface area contributed by atoms with E-state index in [1.165, 1.54) is 0 Å². The van der Waals surface area contributed by atoms with Crippen LogP contribution in [0.15, 0.2) is 31.8 Å². The van der Waals surface area contributed by atoms with Gasteiger partial charge in [-0.15, -0.1) is 0 Å². The molecule has 1 aliphatic rings. The van der Waals surface area contributed by atoms with Gasteiger partial charge < -0.3 is 0 Å². The van der Waals surface area contributed by atoms with Crippen LogP contribution in [-0.4, -0.2) is 27.0 Å². The lowest BCUT2D eigenvalue weighted by molar-refractivity contribution is 0.563. The van der Waals surface area contributed by atoms with Crippen LogP contribution in [0.4, 0.5) is 11.4 Å². The van der Waals surface area contributed by atoms with E-state index < -0.39 is 10.0 Å². The second-order valence-electron chi connectivity index (χ2n) is 4.30. The summed E-state index contributed by atoms with van der Waals surface area (Å²) in [5, 5.41) is 0. The quantitative estimate of drug-likeness (QED) is 0.890.